The average molecular weight is 392 g/mol. The first-order valence-corrected chi connectivity index (χ1v) is 9.52. The molecule has 1 atom stereocenters. The molecule has 0 saturated heterocycles. The maximum absolute atomic E-state index is 13.3. The number of hydrazone groups is 1. The summed E-state index contributed by atoms with van der Waals surface area (Å²) in [7, 11) is 1.64. The molecule has 0 fully saturated rings. The summed E-state index contributed by atoms with van der Waals surface area (Å²) in [6.45, 7) is 10.3. The van der Waals surface area contributed by atoms with E-state index in [2.05, 4.69) is 11.6 Å². The monoisotopic (exact) mass is 392 g/mol. The fourth-order valence-corrected chi connectivity index (χ4v) is 3.65. The van der Waals surface area contributed by atoms with Gasteiger partial charge in [-0.1, -0.05) is 42.5 Å². The molecule has 0 spiro atoms. The van der Waals surface area contributed by atoms with Gasteiger partial charge in [0.05, 0.1) is 24.8 Å². The summed E-state index contributed by atoms with van der Waals surface area (Å²) in [6.07, 6.45) is 0. The number of allylic oxidation sites excluding steroid dienone is 1. The maximum Gasteiger partial charge on any atom is 0.332 e. The van der Waals surface area contributed by atoms with E-state index in [0.717, 1.165) is 16.8 Å². The number of aromatic nitrogens is 4. The zero-order valence-corrected chi connectivity index (χ0v) is 17.1. The van der Waals surface area contributed by atoms with Gasteiger partial charge in [0.15, 0.2) is 11.2 Å². The number of fused-ring (bicyclic) bond motifs is 3. The number of hydrogen-bond acceptors (Lipinski definition) is 5. The smallest absolute Gasteiger partial charge is 0.294 e. The first-order chi connectivity index (χ1) is 13.8. The lowest BCUT2D eigenvalue weighted by atomic mass is 10.2. The molecule has 1 aromatic carbocycles. The number of benzene rings is 1. The minimum absolute atomic E-state index is 0.148. The molecular formula is C21H24N6O2. The van der Waals surface area contributed by atoms with Crippen molar-refractivity contribution < 1.29 is 0 Å². The zero-order valence-electron chi connectivity index (χ0n) is 17.1. The van der Waals surface area contributed by atoms with Crippen molar-refractivity contribution in [1.82, 2.24) is 18.7 Å². The van der Waals surface area contributed by atoms with Crippen molar-refractivity contribution in [2.45, 2.75) is 39.9 Å². The molecule has 150 valence electrons. The molecule has 0 amide bonds. The highest BCUT2D eigenvalue weighted by molar-refractivity contribution is 5.91. The molecule has 0 radical (unpaired) electrons. The lowest BCUT2D eigenvalue weighted by Gasteiger charge is -2.29. The number of anilines is 1. The molecule has 8 heteroatoms. The highest BCUT2D eigenvalue weighted by Gasteiger charge is 2.30. The Morgan fingerprint density at radius 3 is 2.55 bits per heavy atom. The van der Waals surface area contributed by atoms with Gasteiger partial charge in [0.2, 0.25) is 5.95 Å². The molecular weight excluding hydrogens is 368 g/mol. The van der Waals surface area contributed by atoms with Crippen molar-refractivity contribution in [3.63, 3.8) is 0 Å². The van der Waals surface area contributed by atoms with Crippen LogP contribution in [0.25, 0.3) is 11.2 Å². The summed E-state index contributed by atoms with van der Waals surface area (Å²) in [4.78, 5) is 30.7. The van der Waals surface area contributed by atoms with Gasteiger partial charge in [0.25, 0.3) is 5.56 Å². The molecule has 3 heterocycles. The van der Waals surface area contributed by atoms with Gasteiger partial charge in [-0.05, 0) is 26.3 Å². The van der Waals surface area contributed by atoms with Crippen LogP contribution in [0.15, 0.2) is 57.2 Å². The van der Waals surface area contributed by atoms with E-state index in [1.807, 2.05) is 48.7 Å². The van der Waals surface area contributed by atoms with Crippen LogP contribution < -0.4 is 16.3 Å². The van der Waals surface area contributed by atoms with E-state index in [1.54, 1.807) is 19.0 Å². The molecule has 0 unspecified atom stereocenters. The van der Waals surface area contributed by atoms with E-state index in [-0.39, 0.29) is 18.1 Å². The molecule has 8 nitrogen and oxygen atoms in total. The third-order valence-corrected chi connectivity index (χ3v) is 5.26. The molecule has 0 bridgehead atoms. The second-order valence-electron chi connectivity index (χ2n) is 7.60. The summed E-state index contributed by atoms with van der Waals surface area (Å²) in [6, 6.07) is 9.80. The van der Waals surface area contributed by atoms with Crippen molar-refractivity contribution in [1.29, 1.82) is 0 Å². The van der Waals surface area contributed by atoms with Gasteiger partial charge in [-0.3, -0.25) is 18.5 Å². The molecule has 0 aliphatic carbocycles. The van der Waals surface area contributed by atoms with Gasteiger partial charge in [0, 0.05) is 7.05 Å². The Kier molecular flexibility index (Phi) is 4.49. The Morgan fingerprint density at radius 1 is 1.21 bits per heavy atom. The lowest BCUT2D eigenvalue weighted by Crippen LogP contribution is -2.40. The van der Waals surface area contributed by atoms with Crippen molar-refractivity contribution in [3.8, 4) is 0 Å². The van der Waals surface area contributed by atoms with Crippen molar-refractivity contribution in [2.75, 3.05) is 5.01 Å². The largest absolute Gasteiger partial charge is 0.332 e. The fraction of sp³-hybridized carbons (Fsp3) is 0.333. The Morgan fingerprint density at radius 2 is 1.90 bits per heavy atom. The summed E-state index contributed by atoms with van der Waals surface area (Å²) >= 11 is 0. The quantitative estimate of drug-likeness (QED) is 0.639. The van der Waals surface area contributed by atoms with Gasteiger partial charge in [-0.25, -0.2) is 9.80 Å². The van der Waals surface area contributed by atoms with E-state index in [1.165, 1.54) is 9.13 Å². The highest BCUT2D eigenvalue weighted by Crippen LogP contribution is 2.30. The Bertz CT molecular complexity index is 1260. The van der Waals surface area contributed by atoms with E-state index >= 15 is 0 Å². The van der Waals surface area contributed by atoms with Crippen molar-refractivity contribution in [2.24, 2.45) is 12.1 Å². The summed E-state index contributed by atoms with van der Waals surface area (Å²) in [5.74, 6) is 0.558. The van der Waals surface area contributed by atoms with Crippen molar-refractivity contribution in [3.05, 3.63) is 68.9 Å². The predicted molar refractivity (Wildman–Crippen MR) is 114 cm³/mol. The molecule has 1 aliphatic rings. The zero-order chi connectivity index (χ0) is 20.9. The number of hydrogen-bond donors (Lipinski definition) is 0. The SMILES string of the molecule is C=C(C)Cn1c(=O)c2c(nc3n2[C@H](C)C(C)=NN3Cc2ccccc2)n(C)c1=O. The normalized spacial score (nSPS) is 16.1. The van der Waals surface area contributed by atoms with Gasteiger partial charge in [-0.15, -0.1) is 0 Å². The van der Waals surface area contributed by atoms with Crippen molar-refractivity contribution >= 4 is 22.8 Å². The van der Waals surface area contributed by atoms with E-state index in [0.29, 0.717) is 23.7 Å². The van der Waals surface area contributed by atoms with Gasteiger partial charge >= 0.3 is 5.69 Å². The minimum Gasteiger partial charge on any atom is -0.294 e. The Hall–Kier alpha value is -3.42. The maximum atomic E-state index is 13.3. The first-order valence-electron chi connectivity index (χ1n) is 9.52. The number of nitrogens with zero attached hydrogens (tertiary/aromatic N) is 6. The number of aryl methyl sites for hydroxylation is 1. The Labute approximate surface area is 168 Å². The molecule has 0 saturated carbocycles. The van der Waals surface area contributed by atoms with Crippen LogP contribution >= 0.6 is 0 Å². The molecule has 0 N–H and O–H groups in total. The van der Waals surface area contributed by atoms with Gasteiger partial charge in [-0.2, -0.15) is 10.1 Å². The third-order valence-electron chi connectivity index (χ3n) is 5.26. The predicted octanol–water partition coefficient (Wildman–Crippen LogP) is 2.43. The van der Waals surface area contributed by atoms with E-state index < -0.39 is 5.69 Å². The van der Waals surface area contributed by atoms with Crippen LogP contribution in [-0.2, 0) is 20.1 Å². The molecule has 29 heavy (non-hydrogen) atoms. The first kappa shape index (κ1) is 18.9. The van der Waals surface area contributed by atoms with Crippen LogP contribution in [0.2, 0.25) is 0 Å². The molecule has 4 rings (SSSR count). The second-order valence-corrected chi connectivity index (χ2v) is 7.60. The van der Waals surface area contributed by atoms with Crippen LogP contribution in [0.5, 0.6) is 0 Å². The van der Waals surface area contributed by atoms with Crippen LogP contribution in [0.4, 0.5) is 5.95 Å². The second kappa shape index (κ2) is 6.88. The molecule has 2 aromatic heterocycles. The lowest BCUT2D eigenvalue weighted by molar-refractivity contribution is 0.624. The summed E-state index contributed by atoms with van der Waals surface area (Å²) in [5, 5.41) is 6.49. The molecule has 1 aliphatic heterocycles. The number of imidazole rings is 1. The van der Waals surface area contributed by atoms with Crippen LogP contribution in [0, 0.1) is 0 Å². The summed E-state index contributed by atoms with van der Waals surface area (Å²) < 4.78 is 4.53. The average Bonchev–Trinajstić information content (AvgIpc) is 3.09. The van der Waals surface area contributed by atoms with E-state index in [9.17, 15) is 9.59 Å². The highest BCUT2D eigenvalue weighted by atomic mass is 16.2. The van der Waals surface area contributed by atoms with Crippen LogP contribution in [0.1, 0.15) is 32.4 Å². The van der Waals surface area contributed by atoms with Gasteiger partial charge < -0.3 is 0 Å². The van der Waals surface area contributed by atoms with Gasteiger partial charge in [0.1, 0.15) is 0 Å². The third kappa shape index (κ3) is 3.00. The fourth-order valence-electron chi connectivity index (χ4n) is 3.65. The molecule has 3 aromatic rings. The number of rotatable bonds is 4. The Balaban J connectivity index is 1.98. The topological polar surface area (TPSA) is 77.4 Å². The van der Waals surface area contributed by atoms with Crippen LogP contribution in [-0.4, -0.2) is 24.4 Å². The minimum atomic E-state index is -0.402. The van der Waals surface area contributed by atoms with E-state index in [4.69, 9.17) is 5.10 Å². The standard InChI is InChI=1S/C21H24N6O2/c1-13(2)11-25-19(28)17-18(24(5)21(25)29)22-20-26(12-16-9-7-6-8-10-16)23-14(3)15(4)27(17)20/h6-10,15H,1,11-12H2,2-5H3/t15-/m1/s1. The summed E-state index contributed by atoms with van der Waals surface area (Å²) in [5.41, 5.74) is 2.69. The van der Waals surface area contributed by atoms with Crippen LogP contribution in [0.3, 0.4) is 0 Å².